The van der Waals surface area contributed by atoms with Gasteiger partial charge in [0.25, 0.3) is 5.79 Å². The number of carbonyl (C=O) groups is 1. The standard InChI is InChI=1S/C7H9NO5/c1-5(9)12-7(2)4-3-6(13-7)8(10)11/h3H,4H2,1-2H3. The first-order chi connectivity index (χ1) is 5.93. The van der Waals surface area contributed by atoms with Gasteiger partial charge in [0, 0.05) is 19.9 Å². The van der Waals surface area contributed by atoms with Crippen LogP contribution in [0, 0.1) is 10.1 Å². The molecule has 13 heavy (non-hydrogen) atoms. The number of carbonyl (C=O) groups excluding carboxylic acids is 1. The van der Waals surface area contributed by atoms with Crippen LogP contribution in [-0.2, 0) is 14.3 Å². The number of nitrogens with zero attached hydrogens (tertiary/aromatic N) is 1. The van der Waals surface area contributed by atoms with E-state index in [0.717, 1.165) is 0 Å². The summed E-state index contributed by atoms with van der Waals surface area (Å²) in [4.78, 5) is 20.2. The molecule has 0 radical (unpaired) electrons. The SMILES string of the molecule is CC(=O)OC1(C)CC=C([N+](=O)[O-])O1. The van der Waals surface area contributed by atoms with Gasteiger partial charge in [-0.3, -0.25) is 14.9 Å². The number of ether oxygens (including phenoxy) is 2. The molecule has 0 aromatic carbocycles. The fourth-order valence-corrected chi connectivity index (χ4v) is 1.06. The molecule has 0 aromatic rings. The Morgan fingerprint density at radius 1 is 1.85 bits per heavy atom. The van der Waals surface area contributed by atoms with Crippen LogP contribution < -0.4 is 0 Å². The van der Waals surface area contributed by atoms with Crippen LogP contribution in [0.25, 0.3) is 0 Å². The zero-order valence-corrected chi connectivity index (χ0v) is 7.27. The lowest BCUT2D eigenvalue weighted by Crippen LogP contribution is -2.30. The molecular formula is C7H9NO5. The fourth-order valence-electron chi connectivity index (χ4n) is 1.06. The molecule has 72 valence electrons. The van der Waals surface area contributed by atoms with E-state index in [0.29, 0.717) is 0 Å². The zero-order valence-electron chi connectivity index (χ0n) is 7.27. The van der Waals surface area contributed by atoms with Crippen molar-refractivity contribution in [1.29, 1.82) is 0 Å². The summed E-state index contributed by atoms with van der Waals surface area (Å²) in [6.07, 6.45) is 1.48. The molecule has 0 bridgehead atoms. The fraction of sp³-hybridized carbons (Fsp3) is 0.571. The molecule has 0 fully saturated rings. The van der Waals surface area contributed by atoms with Crippen molar-refractivity contribution in [3.63, 3.8) is 0 Å². The van der Waals surface area contributed by atoms with E-state index in [1.807, 2.05) is 0 Å². The molecule has 1 rings (SSSR count). The van der Waals surface area contributed by atoms with Crippen LogP contribution in [0.4, 0.5) is 0 Å². The van der Waals surface area contributed by atoms with Gasteiger partial charge in [0.15, 0.2) is 0 Å². The van der Waals surface area contributed by atoms with Crippen molar-refractivity contribution in [1.82, 2.24) is 0 Å². The highest BCUT2D eigenvalue weighted by molar-refractivity contribution is 5.66. The molecule has 1 atom stereocenters. The normalized spacial score (nSPS) is 26.2. The molecule has 0 aromatic heterocycles. The monoisotopic (exact) mass is 187 g/mol. The van der Waals surface area contributed by atoms with Crippen LogP contribution >= 0.6 is 0 Å². The van der Waals surface area contributed by atoms with Crippen molar-refractivity contribution >= 4 is 5.97 Å². The summed E-state index contributed by atoms with van der Waals surface area (Å²) >= 11 is 0. The van der Waals surface area contributed by atoms with Gasteiger partial charge >= 0.3 is 11.9 Å². The first-order valence-corrected chi connectivity index (χ1v) is 3.66. The van der Waals surface area contributed by atoms with Crippen LogP contribution in [0.2, 0.25) is 0 Å². The van der Waals surface area contributed by atoms with Crippen LogP contribution in [0.15, 0.2) is 12.0 Å². The minimum atomic E-state index is -1.21. The number of hydrogen-bond acceptors (Lipinski definition) is 5. The molecule has 0 spiro atoms. The van der Waals surface area contributed by atoms with Gasteiger partial charge in [-0.05, 0) is 0 Å². The van der Waals surface area contributed by atoms with Crippen molar-refractivity contribution in [2.75, 3.05) is 0 Å². The smallest absolute Gasteiger partial charge is 0.422 e. The third-order valence-electron chi connectivity index (χ3n) is 1.51. The largest absolute Gasteiger partial charge is 0.427 e. The Morgan fingerprint density at radius 2 is 2.46 bits per heavy atom. The predicted molar refractivity (Wildman–Crippen MR) is 41.0 cm³/mol. The van der Waals surface area contributed by atoms with Crippen LogP contribution in [0.3, 0.4) is 0 Å². The molecule has 0 aliphatic carbocycles. The molecule has 0 saturated carbocycles. The average molecular weight is 187 g/mol. The quantitative estimate of drug-likeness (QED) is 0.363. The highest BCUT2D eigenvalue weighted by Crippen LogP contribution is 2.29. The van der Waals surface area contributed by atoms with Crippen molar-refractivity contribution in [2.45, 2.75) is 26.1 Å². The van der Waals surface area contributed by atoms with Crippen LogP contribution in [-0.4, -0.2) is 16.7 Å². The summed E-state index contributed by atoms with van der Waals surface area (Å²) in [5.41, 5.74) is 0. The molecule has 0 N–H and O–H groups in total. The second-order valence-corrected chi connectivity index (χ2v) is 2.83. The van der Waals surface area contributed by atoms with Gasteiger partial charge in [0.05, 0.1) is 6.42 Å². The minimum Gasteiger partial charge on any atom is -0.422 e. The molecule has 1 unspecified atom stereocenters. The maximum Gasteiger partial charge on any atom is 0.427 e. The minimum absolute atomic E-state index is 0.197. The van der Waals surface area contributed by atoms with Gasteiger partial charge in [-0.2, -0.15) is 0 Å². The van der Waals surface area contributed by atoms with Gasteiger partial charge in [-0.25, -0.2) is 0 Å². The van der Waals surface area contributed by atoms with E-state index < -0.39 is 16.7 Å². The number of esters is 1. The Hall–Kier alpha value is -1.59. The number of nitro groups is 1. The third kappa shape index (κ3) is 2.17. The Bertz CT molecular complexity index is 285. The van der Waals surface area contributed by atoms with Crippen molar-refractivity contribution in [2.24, 2.45) is 0 Å². The zero-order chi connectivity index (χ0) is 10.1. The molecule has 6 heteroatoms. The summed E-state index contributed by atoms with van der Waals surface area (Å²) in [5.74, 6) is -2.11. The van der Waals surface area contributed by atoms with Crippen LogP contribution in [0.5, 0.6) is 0 Å². The topological polar surface area (TPSA) is 78.7 Å². The Labute approximate surface area is 74.3 Å². The molecule has 0 amide bonds. The molecule has 6 nitrogen and oxygen atoms in total. The summed E-state index contributed by atoms with van der Waals surface area (Å²) in [6, 6.07) is 0. The summed E-state index contributed by atoms with van der Waals surface area (Å²) in [6.45, 7) is 2.69. The van der Waals surface area contributed by atoms with Gasteiger partial charge < -0.3 is 9.47 Å². The molecule has 1 aliphatic heterocycles. The molecular weight excluding hydrogens is 178 g/mol. The maximum atomic E-state index is 10.6. The van der Waals surface area contributed by atoms with E-state index in [2.05, 4.69) is 0 Å². The van der Waals surface area contributed by atoms with E-state index in [1.165, 1.54) is 19.9 Å². The third-order valence-corrected chi connectivity index (χ3v) is 1.51. The first-order valence-electron chi connectivity index (χ1n) is 3.66. The van der Waals surface area contributed by atoms with E-state index in [9.17, 15) is 14.9 Å². The second kappa shape index (κ2) is 3.04. The lowest BCUT2D eigenvalue weighted by Gasteiger charge is -2.21. The lowest BCUT2D eigenvalue weighted by atomic mass is 10.2. The van der Waals surface area contributed by atoms with Crippen molar-refractivity contribution in [3.05, 3.63) is 22.1 Å². The van der Waals surface area contributed by atoms with Crippen molar-refractivity contribution in [3.8, 4) is 0 Å². The summed E-state index contributed by atoms with van der Waals surface area (Å²) in [5, 5.41) is 10.2. The summed E-state index contributed by atoms with van der Waals surface area (Å²) < 4.78 is 9.60. The maximum absolute atomic E-state index is 10.6. The Kier molecular flexibility index (Phi) is 2.22. The average Bonchev–Trinajstić information content (AvgIpc) is 2.29. The van der Waals surface area contributed by atoms with Gasteiger partial charge in [-0.15, -0.1) is 0 Å². The molecule has 1 aliphatic rings. The highest BCUT2D eigenvalue weighted by atomic mass is 16.8. The Balaban J connectivity index is 2.61. The van der Waals surface area contributed by atoms with E-state index in [1.54, 1.807) is 0 Å². The van der Waals surface area contributed by atoms with Gasteiger partial charge in [0.1, 0.15) is 4.92 Å². The molecule has 0 saturated heterocycles. The van der Waals surface area contributed by atoms with Crippen LogP contribution in [0.1, 0.15) is 20.3 Å². The number of rotatable bonds is 2. The highest BCUT2D eigenvalue weighted by Gasteiger charge is 2.39. The van der Waals surface area contributed by atoms with E-state index >= 15 is 0 Å². The van der Waals surface area contributed by atoms with Crippen molar-refractivity contribution < 1.29 is 19.2 Å². The predicted octanol–water partition coefficient (Wildman–Crippen LogP) is 0.804. The molecule has 1 heterocycles. The van der Waals surface area contributed by atoms with Gasteiger partial charge in [0.2, 0.25) is 0 Å². The van der Waals surface area contributed by atoms with E-state index in [-0.39, 0.29) is 12.3 Å². The van der Waals surface area contributed by atoms with E-state index in [4.69, 9.17) is 9.47 Å². The lowest BCUT2D eigenvalue weighted by molar-refractivity contribution is -0.473. The van der Waals surface area contributed by atoms with Gasteiger partial charge in [-0.1, -0.05) is 0 Å². The second-order valence-electron chi connectivity index (χ2n) is 2.83. The summed E-state index contributed by atoms with van der Waals surface area (Å²) in [7, 11) is 0. The Morgan fingerprint density at radius 3 is 2.85 bits per heavy atom. The first kappa shape index (κ1) is 9.50. The number of hydrogen-bond donors (Lipinski definition) is 0.